The van der Waals surface area contributed by atoms with E-state index in [1.54, 1.807) is 0 Å². The van der Waals surface area contributed by atoms with Gasteiger partial charge in [0, 0.05) is 13.3 Å². The van der Waals surface area contributed by atoms with Crippen LogP contribution in [0.2, 0.25) is 0 Å². The molecular weight excluding hydrogens is 188 g/mol. The largest absolute Gasteiger partial charge is 0.466 e. The van der Waals surface area contributed by atoms with Crippen molar-refractivity contribution in [2.45, 2.75) is 13.3 Å². The molecule has 0 unspecified atom stereocenters. The Morgan fingerprint density at radius 2 is 2.22 bits per heavy atom. The van der Waals surface area contributed by atoms with E-state index in [9.17, 15) is 4.79 Å². The van der Waals surface area contributed by atoms with Gasteiger partial charge in [-0.2, -0.15) is 0 Å². The van der Waals surface area contributed by atoms with Gasteiger partial charge < -0.3 is 8.57 Å². The van der Waals surface area contributed by atoms with Crippen LogP contribution in [-0.4, -0.2) is 19.2 Å². The SMILES string of the molecule is CC(=O)OCCCOBr. The summed E-state index contributed by atoms with van der Waals surface area (Å²) >= 11 is 2.78. The number of carbonyl (C=O) groups is 1. The third kappa shape index (κ3) is 7.91. The number of hydrogen-bond donors (Lipinski definition) is 0. The second kappa shape index (κ2) is 6.04. The first-order chi connectivity index (χ1) is 4.27. The van der Waals surface area contributed by atoms with E-state index in [0.29, 0.717) is 13.2 Å². The standard InChI is InChI=1S/C5H9BrO3/c1-5(7)8-3-2-4-9-6/h2-4H2,1H3. The van der Waals surface area contributed by atoms with Gasteiger partial charge in [0.15, 0.2) is 0 Å². The number of halogens is 1. The average molecular weight is 197 g/mol. The second-order valence-corrected chi connectivity index (χ2v) is 1.96. The van der Waals surface area contributed by atoms with Crippen LogP contribution in [0, 0.1) is 0 Å². The molecule has 0 aliphatic carbocycles. The Morgan fingerprint density at radius 1 is 1.56 bits per heavy atom. The number of hydrogen-bond acceptors (Lipinski definition) is 3. The summed E-state index contributed by atoms with van der Waals surface area (Å²) in [6.45, 7) is 2.38. The molecule has 3 nitrogen and oxygen atoms in total. The van der Waals surface area contributed by atoms with Gasteiger partial charge in [0.05, 0.1) is 29.5 Å². The highest BCUT2D eigenvalue weighted by molar-refractivity contribution is 9.06. The highest BCUT2D eigenvalue weighted by Gasteiger charge is 1.90. The normalized spacial score (nSPS) is 9.11. The molecule has 0 aromatic heterocycles. The summed E-state index contributed by atoms with van der Waals surface area (Å²) in [5.74, 6) is -0.246. The van der Waals surface area contributed by atoms with Crippen molar-refractivity contribution in [3.63, 3.8) is 0 Å². The van der Waals surface area contributed by atoms with Gasteiger partial charge in [0.2, 0.25) is 0 Å². The third-order valence-corrected chi connectivity index (χ3v) is 0.995. The molecule has 0 fully saturated rings. The van der Waals surface area contributed by atoms with Crippen LogP contribution in [0.1, 0.15) is 13.3 Å². The van der Waals surface area contributed by atoms with Crippen molar-refractivity contribution in [3.05, 3.63) is 0 Å². The van der Waals surface area contributed by atoms with Crippen molar-refractivity contribution in [1.82, 2.24) is 0 Å². The summed E-state index contributed by atoms with van der Waals surface area (Å²) < 4.78 is 9.15. The van der Waals surface area contributed by atoms with E-state index in [2.05, 4.69) is 24.8 Å². The lowest BCUT2D eigenvalue weighted by molar-refractivity contribution is -0.141. The molecule has 0 N–H and O–H groups in total. The fourth-order valence-electron chi connectivity index (χ4n) is 0.329. The molecule has 0 aromatic carbocycles. The average Bonchev–Trinajstić information content (AvgIpc) is 1.80. The van der Waals surface area contributed by atoms with Gasteiger partial charge in [0.1, 0.15) is 0 Å². The topological polar surface area (TPSA) is 35.5 Å². The van der Waals surface area contributed by atoms with Crippen LogP contribution in [0.5, 0.6) is 0 Å². The second-order valence-electron chi connectivity index (χ2n) is 1.51. The molecule has 0 atom stereocenters. The fraction of sp³-hybridized carbons (Fsp3) is 0.800. The molecule has 0 aliphatic heterocycles. The first kappa shape index (κ1) is 8.91. The molecule has 0 rings (SSSR count). The number of ether oxygens (including phenoxy) is 1. The molecule has 0 heterocycles. The molecule has 0 aliphatic rings. The quantitative estimate of drug-likeness (QED) is 0.502. The minimum Gasteiger partial charge on any atom is -0.466 e. The van der Waals surface area contributed by atoms with Crippen LogP contribution in [0.3, 0.4) is 0 Å². The molecule has 4 heteroatoms. The predicted molar refractivity (Wildman–Crippen MR) is 36.1 cm³/mol. The van der Waals surface area contributed by atoms with E-state index >= 15 is 0 Å². The Kier molecular flexibility index (Phi) is 5.98. The van der Waals surface area contributed by atoms with Gasteiger partial charge in [-0.05, 0) is 0 Å². The van der Waals surface area contributed by atoms with Gasteiger partial charge in [-0.1, -0.05) is 0 Å². The maximum Gasteiger partial charge on any atom is 0.302 e. The molecule has 9 heavy (non-hydrogen) atoms. The van der Waals surface area contributed by atoms with E-state index < -0.39 is 0 Å². The Balaban J connectivity index is 2.83. The van der Waals surface area contributed by atoms with Gasteiger partial charge in [-0.3, -0.25) is 4.79 Å². The van der Waals surface area contributed by atoms with Crippen LogP contribution in [0.4, 0.5) is 0 Å². The van der Waals surface area contributed by atoms with Crippen molar-refractivity contribution >= 4 is 22.2 Å². The number of esters is 1. The van der Waals surface area contributed by atoms with E-state index in [0.717, 1.165) is 6.42 Å². The van der Waals surface area contributed by atoms with Gasteiger partial charge >= 0.3 is 5.97 Å². The van der Waals surface area contributed by atoms with E-state index in [-0.39, 0.29) is 5.97 Å². The highest BCUT2D eigenvalue weighted by Crippen LogP contribution is 1.89. The monoisotopic (exact) mass is 196 g/mol. The third-order valence-electron chi connectivity index (χ3n) is 0.671. The summed E-state index contributed by atoms with van der Waals surface area (Å²) in [4.78, 5) is 10.1. The zero-order valence-electron chi connectivity index (χ0n) is 5.22. The molecule has 0 spiro atoms. The first-order valence-electron chi connectivity index (χ1n) is 2.64. The summed E-state index contributed by atoms with van der Waals surface area (Å²) in [5.41, 5.74) is 0. The maximum atomic E-state index is 10.1. The molecular formula is C5H9BrO3. The van der Waals surface area contributed by atoms with Crippen molar-refractivity contribution in [3.8, 4) is 0 Å². The van der Waals surface area contributed by atoms with E-state index in [1.807, 2.05) is 0 Å². The van der Waals surface area contributed by atoms with E-state index in [1.165, 1.54) is 6.92 Å². The molecule has 0 saturated heterocycles. The zero-order chi connectivity index (χ0) is 7.11. The van der Waals surface area contributed by atoms with Crippen LogP contribution in [0.25, 0.3) is 0 Å². The lowest BCUT2D eigenvalue weighted by atomic mass is 10.5. The van der Waals surface area contributed by atoms with Crippen LogP contribution >= 0.6 is 16.3 Å². The zero-order valence-corrected chi connectivity index (χ0v) is 6.81. The molecule has 0 radical (unpaired) electrons. The van der Waals surface area contributed by atoms with Crippen molar-refractivity contribution < 1.29 is 13.4 Å². The van der Waals surface area contributed by atoms with Crippen molar-refractivity contribution in [1.29, 1.82) is 0 Å². The van der Waals surface area contributed by atoms with Crippen LogP contribution in [-0.2, 0) is 13.4 Å². The van der Waals surface area contributed by atoms with E-state index in [4.69, 9.17) is 0 Å². The Morgan fingerprint density at radius 3 is 2.67 bits per heavy atom. The number of carbonyl (C=O) groups excluding carboxylic acids is 1. The predicted octanol–water partition coefficient (Wildman–Crippen LogP) is 1.27. The summed E-state index contributed by atoms with van der Waals surface area (Å²) in [6, 6.07) is 0. The summed E-state index contributed by atoms with van der Waals surface area (Å²) in [6.07, 6.45) is 0.727. The highest BCUT2D eigenvalue weighted by atomic mass is 79.9. The summed E-state index contributed by atoms with van der Waals surface area (Å²) in [7, 11) is 0. The van der Waals surface area contributed by atoms with Gasteiger partial charge in [-0.25, -0.2) is 0 Å². The van der Waals surface area contributed by atoms with Crippen molar-refractivity contribution in [2.24, 2.45) is 0 Å². The smallest absolute Gasteiger partial charge is 0.302 e. The molecule has 54 valence electrons. The lowest BCUT2D eigenvalue weighted by Crippen LogP contribution is -2.01. The first-order valence-corrected chi connectivity index (χ1v) is 3.29. The van der Waals surface area contributed by atoms with Gasteiger partial charge in [0.25, 0.3) is 0 Å². The van der Waals surface area contributed by atoms with Gasteiger partial charge in [-0.15, -0.1) is 0 Å². The summed E-state index contributed by atoms with van der Waals surface area (Å²) in [5, 5.41) is 0. The molecule has 0 amide bonds. The number of rotatable bonds is 4. The molecule has 0 aromatic rings. The Bertz CT molecular complexity index is 84.3. The lowest BCUT2D eigenvalue weighted by Gasteiger charge is -1.97. The fourth-order valence-corrected chi connectivity index (χ4v) is 0.558. The Labute approximate surface area is 62.8 Å². The van der Waals surface area contributed by atoms with Crippen LogP contribution in [0.15, 0.2) is 0 Å². The maximum absolute atomic E-state index is 10.1. The Hall–Kier alpha value is -0.0900. The molecule has 0 saturated carbocycles. The van der Waals surface area contributed by atoms with Crippen LogP contribution < -0.4 is 0 Å². The minimum absolute atomic E-state index is 0.246. The minimum atomic E-state index is -0.246. The molecule has 0 bridgehead atoms. The van der Waals surface area contributed by atoms with Crippen molar-refractivity contribution in [2.75, 3.05) is 13.2 Å².